The van der Waals surface area contributed by atoms with Crippen molar-refractivity contribution in [2.24, 2.45) is 0 Å². The van der Waals surface area contributed by atoms with Gasteiger partial charge in [0.25, 0.3) is 11.8 Å². The van der Waals surface area contributed by atoms with E-state index in [-0.39, 0.29) is 23.4 Å². The number of carbonyl (C=O) groups is 2. The molecule has 6 N–H and O–H groups in total. The third kappa shape index (κ3) is 5.52. The van der Waals surface area contributed by atoms with Crippen LogP contribution >= 0.6 is 0 Å². The highest BCUT2D eigenvalue weighted by atomic mass is 16.3. The average Bonchev–Trinajstić information content (AvgIpc) is 2.70. The second-order valence-electron chi connectivity index (χ2n) is 6.25. The highest BCUT2D eigenvalue weighted by molar-refractivity contribution is 5.98. The first-order valence-electron chi connectivity index (χ1n) is 8.85. The topological polar surface area (TPSA) is 163 Å². The number of amides is 2. The van der Waals surface area contributed by atoms with Crippen molar-refractivity contribution in [3.8, 4) is 29.1 Å². The normalized spacial score (nSPS) is 11.3. The Labute approximate surface area is 166 Å². The van der Waals surface area contributed by atoms with Crippen LogP contribution in [0.4, 0.5) is 0 Å². The van der Waals surface area contributed by atoms with Gasteiger partial charge in [-0.05, 0) is 43.5 Å². The third-order valence-corrected chi connectivity index (χ3v) is 4.18. The number of phenolic OH excluding ortho intramolecular Hbond substituents is 4. The molecule has 0 saturated heterocycles. The number of hydrogen-bond donors (Lipinski definition) is 6. The van der Waals surface area contributed by atoms with Crippen molar-refractivity contribution in [1.82, 2.24) is 10.6 Å². The Morgan fingerprint density at radius 3 is 2.00 bits per heavy atom. The van der Waals surface area contributed by atoms with Gasteiger partial charge in [0.15, 0.2) is 23.0 Å². The molecule has 2 rings (SSSR count). The number of nitrogens with zero attached hydrogens (tertiary/aromatic N) is 1. The molecular weight excluding hydrogens is 378 g/mol. The summed E-state index contributed by atoms with van der Waals surface area (Å²) >= 11 is 0. The van der Waals surface area contributed by atoms with E-state index in [4.69, 9.17) is 0 Å². The van der Waals surface area contributed by atoms with Gasteiger partial charge >= 0.3 is 0 Å². The van der Waals surface area contributed by atoms with Crippen molar-refractivity contribution in [3.63, 3.8) is 0 Å². The maximum atomic E-state index is 12.1. The number of hydrogen-bond acceptors (Lipinski definition) is 7. The Kier molecular flexibility index (Phi) is 7.26. The lowest BCUT2D eigenvalue weighted by Crippen LogP contribution is -2.34. The number of nitriles is 1. The summed E-state index contributed by atoms with van der Waals surface area (Å²) in [4.78, 5) is 24.1. The minimum atomic E-state index is -0.810. The van der Waals surface area contributed by atoms with Crippen LogP contribution < -0.4 is 10.6 Å². The molecule has 0 spiro atoms. The van der Waals surface area contributed by atoms with Crippen LogP contribution in [0.3, 0.4) is 0 Å². The molecule has 0 aromatic heterocycles. The van der Waals surface area contributed by atoms with E-state index in [9.17, 15) is 35.3 Å². The summed E-state index contributed by atoms with van der Waals surface area (Å²) in [7, 11) is 0. The van der Waals surface area contributed by atoms with Crippen LogP contribution in [0.5, 0.6) is 23.0 Å². The summed E-state index contributed by atoms with van der Waals surface area (Å²) in [5.41, 5.74) is -0.179. The van der Waals surface area contributed by atoms with Gasteiger partial charge in [-0.2, -0.15) is 5.26 Å². The molecule has 0 heterocycles. The molecule has 152 valence electrons. The van der Waals surface area contributed by atoms with Crippen molar-refractivity contribution in [3.05, 3.63) is 47.5 Å². The summed E-state index contributed by atoms with van der Waals surface area (Å²) in [5, 5.41) is 52.5. The number of rotatable bonds is 8. The fourth-order valence-electron chi connectivity index (χ4n) is 2.60. The van der Waals surface area contributed by atoms with Crippen LogP contribution in [0.2, 0.25) is 0 Å². The van der Waals surface area contributed by atoms with Gasteiger partial charge in [-0.15, -0.1) is 0 Å². The molecule has 1 atom stereocenters. The molecule has 0 radical (unpaired) electrons. The van der Waals surface area contributed by atoms with Gasteiger partial charge in [0, 0.05) is 6.54 Å². The summed E-state index contributed by atoms with van der Waals surface area (Å²) in [6, 6.07) is 9.18. The standard InChI is InChI=1S/C20H21N3O6/c21-11-12(23-20(29)14-7-4-9-16(25)18(14)27)5-1-2-10-22-19(28)13-6-3-8-15(24)17(13)26/h3-4,6-9,12,24-27H,1-2,5,10H2,(H,22,28)(H,23,29)/t12-/m0/s1. The lowest BCUT2D eigenvalue weighted by atomic mass is 10.1. The molecule has 0 unspecified atom stereocenters. The smallest absolute Gasteiger partial charge is 0.256 e. The van der Waals surface area contributed by atoms with Gasteiger partial charge in [0.1, 0.15) is 6.04 Å². The van der Waals surface area contributed by atoms with Gasteiger partial charge in [-0.1, -0.05) is 12.1 Å². The van der Waals surface area contributed by atoms with E-state index >= 15 is 0 Å². The van der Waals surface area contributed by atoms with E-state index < -0.39 is 35.1 Å². The second-order valence-corrected chi connectivity index (χ2v) is 6.25. The van der Waals surface area contributed by atoms with Crippen molar-refractivity contribution in [1.29, 1.82) is 5.26 Å². The minimum absolute atomic E-state index is 0.0434. The maximum absolute atomic E-state index is 12.1. The number of aromatic hydroxyl groups is 4. The van der Waals surface area contributed by atoms with Crippen molar-refractivity contribution < 1.29 is 30.0 Å². The molecule has 0 bridgehead atoms. The van der Waals surface area contributed by atoms with Crippen LogP contribution in [0.25, 0.3) is 0 Å². The van der Waals surface area contributed by atoms with Gasteiger partial charge in [0.05, 0.1) is 17.2 Å². The van der Waals surface area contributed by atoms with Crippen LogP contribution in [-0.2, 0) is 0 Å². The van der Waals surface area contributed by atoms with E-state index in [2.05, 4.69) is 10.6 Å². The number of carbonyl (C=O) groups excluding carboxylic acids is 2. The maximum Gasteiger partial charge on any atom is 0.256 e. The van der Waals surface area contributed by atoms with Gasteiger partial charge in [-0.3, -0.25) is 9.59 Å². The van der Waals surface area contributed by atoms with Crippen molar-refractivity contribution in [2.45, 2.75) is 25.3 Å². The summed E-state index contributed by atoms with van der Waals surface area (Å²) < 4.78 is 0. The van der Waals surface area contributed by atoms with E-state index in [1.54, 1.807) is 0 Å². The van der Waals surface area contributed by atoms with E-state index in [1.165, 1.54) is 36.4 Å². The van der Waals surface area contributed by atoms with Crippen molar-refractivity contribution in [2.75, 3.05) is 6.54 Å². The van der Waals surface area contributed by atoms with Crippen LogP contribution in [0, 0.1) is 11.3 Å². The van der Waals surface area contributed by atoms with Crippen LogP contribution in [0.1, 0.15) is 40.0 Å². The molecular formula is C20H21N3O6. The highest BCUT2D eigenvalue weighted by Crippen LogP contribution is 2.28. The molecule has 2 aromatic rings. The number of nitrogens with one attached hydrogen (secondary N) is 2. The lowest BCUT2D eigenvalue weighted by Gasteiger charge is -2.13. The fourth-order valence-corrected chi connectivity index (χ4v) is 2.60. The number of benzene rings is 2. The first-order valence-corrected chi connectivity index (χ1v) is 8.85. The zero-order valence-electron chi connectivity index (χ0n) is 15.4. The Morgan fingerprint density at radius 1 is 0.897 bits per heavy atom. The molecule has 0 aliphatic rings. The lowest BCUT2D eigenvalue weighted by molar-refractivity contribution is 0.0938. The van der Waals surface area contributed by atoms with E-state index in [0.29, 0.717) is 19.3 Å². The molecule has 0 aliphatic carbocycles. The first kappa shape index (κ1) is 21.4. The van der Waals surface area contributed by atoms with Gasteiger partial charge in [-0.25, -0.2) is 0 Å². The molecule has 9 nitrogen and oxygen atoms in total. The second kappa shape index (κ2) is 9.85. The quantitative estimate of drug-likeness (QED) is 0.291. The molecule has 0 fully saturated rings. The minimum Gasteiger partial charge on any atom is -0.504 e. The fraction of sp³-hybridized carbons (Fsp3) is 0.250. The van der Waals surface area contributed by atoms with Gasteiger partial charge in [0.2, 0.25) is 0 Å². The Hall–Kier alpha value is -3.93. The Morgan fingerprint density at radius 2 is 1.45 bits per heavy atom. The Bertz CT molecular complexity index is 938. The molecule has 2 aromatic carbocycles. The monoisotopic (exact) mass is 399 g/mol. The SMILES string of the molecule is N#C[C@H](CCCCNC(=O)c1cccc(O)c1O)NC(=O)c1cccc(O)c1O. The summed E-state index contributed by atoms with van der Waals surface area (Å²) in [6.45, 7) is 0.271. The average molecular weight is 399 g/mol. The van der Waals surface area contributed by atoms with Crippen molar-refractivity contribution >= 4 is 11.8 Å². The number of unbranched alkanes of at least 4 members (excludes halogenated alkanes) is 1. The predicted octanol–water partition coefficient (Wildman–Crippen LogP) is 1.73. The van der Waals surface area contributed by atoms with Crippen LogP contribution in [0.15, 0.2) is 36.4 Å². The van der Waals surface area contributed by atoms with E-state index in [1.807, 2.05) is 6.07 Å². The molecule has 0 aliphatic heterocycles. The number of phenols is 4. The zero-order chi connectivity index (χ0) is 21.4. The predicted molar refractivity (Wildman–Crippen MR) is 103 cm³/mol. The van der Waals surface area contributed by atoms with Crippen LogP contribution in [-0.4, -0.2) is 44.8 Å². The highest BCUT2D eigenvalue weighted by Gasteiger charge is 2.18. The number of para-hydroxylation sites is 2. The zero-order valence-corrected chi connectivity index (χ0v) is 15.4. The first-order chi connectivity index (χ1) is 13.8. The third-order valence-electron chi connectivity index (χ3n) is 4.18. The molecule has 2 amide bonds. The summed E-state index contributed by atoms with van der Waals surface area (Å²) in [5.74, 6) is -3.09. The largest absolute Gasteiger partial charge is 0.504 e. The summed E-state index contributed by atoms with van der Waals surface area (Å²) in [6.07, 6.45) is 1.34. The molecule has 29 heavy (non-hydrogen) atoms. The molecule has 9 heteroatoms. The Balaban J connectivity index is 1.78. The van der Waals surface area contributed by atoms with Gasteiger partial charge < -0.3 is 31.1 Å². The van der Waals surface area contributed by atoms with E-state index in [0.717, 1.165) is 0 Å². The molecule has 0 saturated carbocycles.